The minimum Gasteiger partial charge on any atom is -0.399 e. The lowest BCUT2D eigenvalue weighted by molar-refractivity contribution is 0.0930. The summed E-state index contributed by atoms with van der Waals surface area (Å²) in [6, 6.07) is 2.81. The Hall–Kier alpha value is -1.62. The molecule has 0 radical (unpaired) electrons. The first-order chi connectivity index (χ1) is 8.31. The zero-order chi connectivity index (χ0) is 13.9. The molecule has 18 heavy (non-hydrogen) atoms. The van der Waals surface area contributed by atoms with Crippen molar-refractivity contribution in [3.8, 4) is 0 Å². The van der Waals surface area contributed by atoms with E-state index in [4.69, 9.17) is 5.73 Å². The zero-order valence-corrected chi connectivity index (χ0v) is 11.2. The third-order valence-corrected chi connectivity index (χ3v) is 2.54. The van der Waals surface area contributed by atoms with Gasteiger partial charge in [-0.15, -0.1) is 0 Å². The second kappa shape index (κ2) is 5.82. The van der Waals surface area contributed by atoms with Crippen LogP contribution in [-0.4, -0.2) is 37.5 Å². The minimum absolute atomic E-state index is 0.00175. The molecule has 0 bridgehead atoms. The second-order valence-electron chi connectivity index (χ2n) is 4.84. The maximum Gasteiger partial charge on any atom is 0.254 e. The Morgan fingerprint density at radius 3 is 2.67 bits per heavy atom. The van der Waals surface area contributed by atoms with E-state index in [0.717, 1.165) is 0 Å². The minimum atomic E-state index is -0.515. The average molecular weight is 253 g/mol. The van der Waals surface area contributed by atoms with Gasteiger partial charge in [0.2, 0.25) is 0 Å². The molecule has 0 spiro atoms. The fraction of sp³-hybridized carbons (Fsp3) is 0.462. The van der Waals surface area contributed by atoms with Gasteiger partial charge in [-0.05, 0) is 45.6 Å². The largest absolute Gasteiger partial charge is 0.399 e. The number of hydrogen-bond acceptors (Lipinski definition) is 3. The summed E-state index contributed by atoms with van der Waals surface area (Å²) in [5.41, 5.74) is 6.38. The highest BCUT2D eigenvalue weighted by atomic mass is 19.1. The molecule has 1 atom stereocenters. The van der Waals surface area contributed by atoms with Crippen LogP contribution in [0.1, 0.15) is 22.8 Å². The SMILES string of the molecule is Cc1cc(N)cc(C(=O)NC(C)CN(C)C)c1F. The number of hydrogen-bond donors (Lipinski definition) is 2. The number of amides is 1. The molecule has 1 aromatic rings. The highest BCUT2D eigenvalue weighted by molar-refractivity contribution is 5.95. The topological polar surface area (TPSA) is 58.4 Å². The normalized spacial score (nSPS) is 12.6. The highest BCUT2D eigenvalue weighted by Crippen LogP contribution is 2.17. The van der Waals surface area contributed by atoms with Crippen molar-refractivity contribution in [2.75, 3.05) is 26.4 Å². The number of nitrogens with one attached hydrogen (secondary N) is 1. The zero-order valence-electron chi connectivity index (χ0n) is 11.2. The quantitative estimate of drug-likeness (QED) is 0.797. The smallest absolute Gasteiger partial charge is 0.254 e. The first kappa shape index (κ1) is 14.4. The van der Waals surface area contributed by atoms with E-state index in [1.807, 2.05) is 25.9 Å². The summed E-state index contributed by atoms with van der Waals surface area (Å²) in [5, 5.41) is 2.75. The van der Waals surface area contributed by atoms with Crippen LogP contribution in [0.25, 0.3) is 0 Å². The Labute approximate surface area is 107 Å². The summed E-state index contributed by atoms with van der Waals surface area (Å²) >= 11 is 0. The third kappa shape index (κ3) is 3.70. The Kier molecular flexibility index (Phi) is 4.67. The maximum absolute atomic E-state index is 13.8. The number of aryl methyl sites for hydroxylation is 1. The van der Waals surface area contributed by atoms with Gasteiger partial charge in [-0.2, -0.15) is 0 Å². The van der Waals surface area contributed by atoms with Gasteiger partial charge in [0.05, 0.1) is 5.56 Å². The van der Waals surface area contributed by atoms with Crippen molar-refractivity contribution in [1.82, 2.24) is 10.2 Å². The van der Waals surface area contributed by atoms with Crippen LogP contribution in [0.2, 0.25) is 0 Å². The Bertz CT molecular complexity index is 446. The lowest BCUT2D eigenvalue weighted by Crippen LogP contribution is -2.39. The van der Waals surface area contributed by atoms with Gasteiger partial charge in [-0.25, -0.2) is 4.39 Å². The maximum atomic E-state index is 13.8. The van der Waals surface area contributed by atoms with E-state index in [1.165, 1.54) is 12.1 Å². The molecular formula is C13H20FN3O. The number of carbonyl (C=O) groups excluding carboxylic acids is 1. The molecule has 1 rings (SSSR count). The number of halogens is 1. The van der Waals surface area contributed by atoms with Crippen LogP contribution in [0.4, 0.5) is 10.1 Å². The molecule has 1 amide bonds. The molecule has 0 aliphatic carbocycles. The molecule has 0 aliphatic rings. The summed E-state index contributed by atoms with van der Waals surface area (Å²) in [4.78, 5) is 13.9. The van der Waals surface area contributed by atoms with Gasteiger partial charge in [-0.3, -0.25) is 4.79 Å². The van der Waals surface area contributed by atoms with Gasteiger partial charge in [-0.1, -0.05) is 0 Å². The lowest BCUT2D eigenvalue weighted by atomic mass is 10.1. The van der Waals surface area contributed by atoms with Crippen LogP contribution in [0.5, 0.6) is 0 Å². The predicted molar refractivity (Wildman–Crippen MR) is 71.0 cm³/mol. The molecular weight excluding hydrogens is 233 g/mol. The van der Waals surface area contributed by atoms with Gasteiger partial charge in [0.1, 0.15) is 5.82 Å². The van der Waals surface area contributed by atoms with Crippen molar-refractivity contribution in [2.45, 2.75) is 19.9 Å². The fourth-order valence-electron chi connectivity index (χ4n) is 1.86. The van der Waals surface area contributed by atoms with Crippen LogP contribution in [0.3, 0.4) is 0 Å². The van der Waals surface area contributed by atoms with Crippen LogP contribution in [-0.2, 0) is 0 Å². The Morgan fingerprint density at radius 1 is 1.50 bits per heavy atom. The number of likely N-dealkylation sites (N-methyl/N-ethyl adjacent to an activating group) is 1. The van der Waals surface area contributed by atoms with Crippen LogP contribution in [0.15, 0.2) is 12.1 Å². The van der Waals surface area contributed by atoms with Gasteiger partial charge in [0.15, 0.2) is 0 Å². The van der Waals surface area contributed by atoms with Crippen LogP contribution >= 0.6 is 0 Å². The number of nitrogens with two attached hydrogens (primary N) is 1. The predicted octanol–water partition coefficient (Wildman–Crippen LogP) is 1.40. The van der Waals surface area contributed by atoms with E-state index < -0.39 is 11.7 Å². The van der Waals surface area contributed by atoms with Crippen molar-refractivity contribution >= 4 is 11.6 Å². The Morgan fingerprint density at radius 2 is 2.11 bits per heavy atom. The van der Waals surface area contributed by atoms with Gasteiger partial charge in [0, 0.05) is 18.3 Å². The van der Waals surface area contributed by atoms with E-state index in [1.54, 1.807) is 6.92 Å². The molecule has 0 aromatic heterocycles. The van der Waals surface area contributed by atoms with E-state index >= 15 is 0 Å². The summed E-state index contributed by atoms with van der Waals surface area (Å²) in [6.45, 7) is 4.15. The van der Waals surface area contributed by atoms with Gasteiger partial charge >= 0.3 is 0 Å². The number of rotatable bonds is 4. The molecule has 4 nitrogen and oxygen atoms in total. The summed E-state index contributed by atoms with van der Waals surface area (Å²) < 4.78 is 13.8. The van der Waals surface area contributed by atoms with Crippen LogP contribution < -0.4 is 11.1 Å². The molecule has 100 valence electrons. The van der Waals surface area contributed by atoms with Crippen LogP contribution in [0, 0.1) is 12.7 Å². The molecule has 0 aliphatic heterocycles. The van der Waals surface area contributed by atoms with Crippen molar-refractivity contribution in [2.24, 2.45) is 0 Å². The lowest BCUT2D eigenvalue weighted by Gasteiger charge is -2.18. The standard InChI is InChI=1S/C13H20FN3O/c1-8-5-10(15)6-11(12(8)14)13(18)16-9(2)7-17(3)4/h5-6,9H,7,15H2,1-4H3,(H,16,18). The Balaban J connectivity index is 2.85. The van der Waals surface area contributed by atoms with Crippen molar-refractivity contribution in [3.63, 3.8) is 0 Å². The molecule has 3 N–H and O–H groups in total. The number of anilines is 1. The first-order valence-electron chi connectivity index (χ1n) is 5.82. The van der Waals surface area contributed by atoms with E-state index in [0.29, 0.717) is 17.8 Å². The summed E-state index contributed by atoms with van der Waals surface area (Å²) in [6.07, 6.45) is 0. The van der Waals surface area contributed by atoms with E-state index in [9.17, 15) is 9.18 Å². The molecule has 0 fully saturated rings. The third-order valence-electron chi connectivity index (χ3n) is 2.54. The van der Waals surface area contributed by atoms with E-state index in [-0.39, 0.29) is 11.6 Å². The van der Waals surface area contributed by atoms with E-state index in [2.05, 4.69) is 5.32 Å². The first-order valence-corrected chi connectivity index (χ1v) is 5.82. The number of nitrogen functional groups attached to an aromatic ring is 1. The number of benzene rings is 1. The molecule has 1 unspecified atom stereocenters. The summed E-state index contributed by atoms with van der Waals surface area (Å²) in [5.74, 6) is -0.948. The highest BCUT2D eigenvalue weighted by Gasteiger charge is 2.16. The molecule has 0 saturated heterocycles. The molecule has 5 heteroatoms. The second-order valence-corrected chi connectivity index (χ2v) is 4.84. The van der Waals surface area contributed by atoms with Crippen molar-refractivity contribution in [3.05, 3.63) is 29.1 Å². The molecule has 1 aromatic carbocycles. The van der Waals surface area contributed by atoms with Gasteiger partial charge in [0.25, 0.3) is 5.91 Å². The average Bonchev–Trinajstić information content (AvgIpc) is 2.21. The molecule has 0 saturated carbocycles. The monoisotopic (exact) mass is 253 g/mol. The fourth-order valence-corrected chi connectivity index (χ4v) is 1.86. The number of nitrogens with zero attached hydrogens (tertiary/aromatic N) is 1. The van der Waals surface area contributed by atoms with Crippen molar-refractivity contribution < 1.29 is 9.18 Å². The van der Waals surface area contributed by atoms with Crippen molar-refractivity contribution in [1.29, 1.82) is 0 Å². The molecule has 0 heterocycles. The number of carbonyl (C=O) groups is 1. The summed E-state index contributed by atoms with van der Waals surface area (Å²) in [7, 11) is 3.82. The van der Waals surface area contributed by atoms with Gasteiger partial charge < -0.3 is 16.0 Å².